The lowest BCUT2D eigenvalue weighted by atomic mass is 9.90. The number of imidazole rings is 1. The Morgan fingerprint density at radius 1 is 1.31 bits per heavy atom. The Morgan fingerprint density at radius 2 is 2.08 bits per heavy atom. The zero-order chi connectivity index (χ0) is 18.3. The number of carbonyl (C=O) groups excluding carboxylic acids is 1. The molecule has 1 atom stereocenters. The van der Waals surface area contributed by atoms with E-state index in [1.165, 1.54) is 24.5 Å². The summed E-state index contributed by atoms with van der Waals surface area (Å²) in [5.74, 6) is -0.0583. The van der Waals surface area contributed by atoms with Crippen molar-refractivity contribution in [1.29, 1.82) is 0 Å². The number of fused-ring (bicyclic) bond motifs is 1. The lowest BCUT2D eigenvalue weighted by molar-refractivity contribution is 0.100. The largest absolute Gasteiger partial charge is 0.366 e. The molecule has 3 aromatic rings. The molecule has 0 aliphatic carbocycles. The SMILES string of the molecule is CN1CCCC(c2ccc(-c3nc4c(C(N)=O)cc(F)cc4[nH]3)cc2)C1. The topological polar surface area (TPSA) is 75.0 Å². The van der Waals surface area contributed by atoms with E-state index < -0.39 is 11.7 Å². The highest BCUT2D eigenvalue weighted by Gasteiger charge is 2.19. The van der Waals surface area contributed by atoms with E-state index in [2.05, 4.69) is 34.0 Å². The number of nitrogens with zero attached hydrogens (tertiary/aromatic N) is 2. The van der Waals surface area contributed by atoms with Crippen LogP contribution in [-0.4, -0.2) is 40.9 Å². The van der Waals surface area contributed by atoms with Crippen LogP contribution < -0.4 is 5.73 Å². The van der Waals surface area contributed by atoms with Crippen LogP contribution in [0.25, 0.3) is 22.4 Å². The van der Waals surface area contributed by atoms with E-state index >= 15 is 0 Å². The summed E-state index contributed by atoms with van der Waals surface area (Å²) < 4.78 is 13.7. The van der Waals surface area contributed by atoms with E-state index in [0.717, 1.165) is 24.7 Å². The summed E-state index contributed by atoms with van der Waals surface area (Å²) in [5.41, 5.74) is 8.51. The monoisotopic (exact) mass is 352 g/mol. The standard InChI is InChI=1S/C20H21FN4O/c1-25-8-2-3-14(11-25)12-4-6-13(7-5-12)20-23-17-10-15(21)9-16(19(22)26)18(17)24-20/h4-7,9-10,14H,2-3,8,11H2,1H3,(H2,22,26)(H,23,24). The maximum atomic E-state index is 13.7. The molecule has 0 saturated carbocycles. The summed E-state index contributed by atoms with van der Waals surface area (Å²) >= 11 is 0. The van der Waals surface area contributed by atoms with Gasteiger partial charge in [-0.15, -0.1) is 0 Å². The van der Waals surface area contributed by atoms with Crippen molar-refractivity contribution in [2.45, 2.75) is 18.8 Å². The van der Waals surface area contributed by atoms with Gasteiger partial charge in [0, 0.05) is 12.1 Å². The fourth-order valence-electron chi connectivity index (χ4n) is 3.76. The number of hydrogen-bond acceptors (Lipinski definition) is 3. The molecule has 134 valence electrons. The number of amides is 1. The fraction of sp³-hybridized carbons (Fsp3) is 0.300. The van der Waals surface area contributed by atoms with E-state index in [9.17, 15) is 9.18 Å². The third-order valence-corrected chi connectivity index (χ3v) is 5.10. The first-order valence-electron chi connectivity index (χ1n) is 8.79. The van der Waals surface area contributed by atoms with E-state index in [1.807, 2.05) is 12.1 Å². The second-order valence-corrected chi connectivity index (χ2v) is 7.02. The van der Waals surface area contributed by atoms with E-state index in [1.54, 1.807) is 0 Å². The number of benzene rings is 2. The highest BCUT2D eigenvalue weighted by Crippen LogP contribution is 2.29. The summed E-state index contributed by atoms with van der Waals surface area (Å²) in [5, 5.41) is 0. The number of nitrogens with two attached hydrogens (primary N) is 1. The van der Waals surface area contributed by atoms with Crippen molar-refractivity contribution in [3.05, 3.63) is 53.3 Å². The lowest BCUT2D eigenvalue weighted by Crippen LogP contribution is -2.30. The van der Waals surface area contributed by atoms with Crippen molar-refractivity contribution in [2.24, 2.45) is 5.73 Å². The Hall–Kier alpha value is -2.73. The van der Waals surface area contributed by atoms with Crippen LogP contribution in [0.1, 0.15) is 34.7 Å². The normalized spacial score (nSPS) is 18.3. The number of aromatic nitrogens is 2. The molecule has 2 heterocycles. The van der Waals surface area contributed by atoms with Crippen LogP contribution >= 0.6 is 0 Å². The maximum absolute atomic E-state index is 13.7. The third-order valence-electron chi connectivity index (χ3n) is 5.10. The number of likely N-dealkylation sites (tertiary alicyclic amines) is 1. The Labute approximate surface area is 151 Å². The van der Waals surface area contributed by atoms with Gasteiger partial charge in [-0.3, -0.25) is 4.79 Å². The summed E-state index contributed by atoms with van der Waals surface area (Å²) in [7, 11) is 2.16. The van der Waals surface area contributed by atoms with Crippen LogP contribution in [0.4, 0.5) is 4.39 Å². The van der Waals surface area contributed by atoms with Crippen LogP contribution in [0.15, 0.2) is 36.4 Å². The number of H-pyrrole nitrogens is 1. The number of nitrogens with one attached hydrogen (secondary N) is 1. The van der Waals surface area contributed by atoms with E-state index in [0.29, 0.717) is 22.8 Å². The lowest BCUT2D eigenvalue weighted by Gasteiger charge is -2.30. The third kappa shape index (κ3) is 3.08. The average Bonchev–Trinajstić information content (AvgIpc) is 3.04. The Balaban J connectivity index is 1.67. The van der Waals surface area contributed by atoms with Gasteiger partial charge in [-0.25, -0.2) is 9.37 Å². The predicted octanol–water partition coefficient (Wildman–Crippen LogP) is 3.28. The van der Waals surface area contributed by atoms with Gasteiger partial charge in [0.25, 0.3) is 5.91 Å². The van der Waals surface area contributed by atoms with E-state index in [-0.39, 0.29) is 5.56 Å². The van der Waals surface area contributed by atoms with E-state index in [4.69, 9.17) is 5.73 Å². The summed E-state index contributed by atoms with van der Waals surface area (Å²) in [6.45, 7) is 2.23. The number of rotatable bonds is 3. The summed E-state index contributed by atoms with van der Waals surface area (Å²) in [4.78, 5) is 21.5. The van der Waals surface area contributed by atoms with Gasteiger partial charge in [-0.1, -0.05) is 24.3 Å². The van der Waals surface area contributed by atoms with Crippen molar-refractivity contribution in [3.63, 3.8) is 0 Å². The maximum Gasteiger partial charge on any atom is 0.251 e. The molecule has 0 radical (unpaired) electrons. The van der Waals surface area contributed by atoms with Crippen LogP contribution in [0, 0.1) is 5.82 Å². The molecule has 1 saturated heterocycles. The highest BCUT2D eigenvalue weighted by atomic mass is 19.1. The minimum atomic E-state index is -0.690. The van der Waals surface area contributed by atoms with Gasteiger partial charge in [0.05, 0.1) is 11.1 Å². The summed E-state index contributed by atoms with van der Waals surface area (Å²) in [6.07, 6.45) is 2.42. The molecule has 1 aliphatic rings. The van der Waals surface area contributed by atoms with Crippen molar-refractivity contribution >= 4 is 16.9 Å². The zero-order valence-electron chi connectivity index (χ0n) is 14.6. The molecule has 1 fully saturated rings. The van der Waals surface area contributed by atoms with Gasteiger partial charge in [0.15, 0.2) is 0 Å². The fourth-order valence-corrected chi connectivity index (χ4v) is 3.76. The first-order chi connectivity index (χ1) is 12.5. The number of likely N-dealkylation sites (N-methyl/N-ethyl adjacent to an activating group) is 1. The average molecular weight is 352 g/mol. The Morgan fingerprint density at radius 3 is 2.77 bits per heavy atom. The summed E-state index contributed by atoms with van der Waals surface area (Å²) in [6, 6.07) is 10.7. The molecule has 1 unspecified atom stereocenters. The Kier molecular flexibility index (Phi) is 4.20. The first kappa shape index (κ1) is 16.7. The van der Waals surface area contributed by atoms with Crippen molar-refractivity contribution in [2.75, 3.05) is 20.1 Å². The van der Waals surface area contributed by atoms with Crippen LogP contribution in [0.2, 0.25) is 0 Å². The number of halogens is 1. The zero-order valence-corrected chi connectivity index (χ0v) is 14.6. The van der Waals surface area contributed by atoms with Crippen molar-refractivity contribution < 1.29 is 9.18 Å². The molecule has 26 heavy (non-hydrogen) atoms. The molecule has 3 N–H and O–H groups in total. The van der Waals surface area contributed by atoms with Crippen molar-refractivity contribution in [3.8, 4) is 11.4 Å². The van der Waals surface area contributed by atoms with Crippen molar-refractivity contribution in [1.82, 2.24) is 14.9 Å². The van der Waals surface area contributed by atoms with Gasteiger partial charge in [0.1, 0.15) is 17.2 Å². The van der Waals surface area contributed by atoms with Crippen LogP contribution in [-0.2, 0) is 0 Å². The van der Waals surface area contributed by atoms with Gasteiger partial charge in [-0.05, 0) is 50.0 Å². The number of carbonyl (C=O) groups is 1. The van der Waals surface area contributed by atoms with Gasteiger partial charge < -0.3 is 15.6 Å². The van der Waals surface area contributed by atoms with Gasteiger partial charge in [-0.2, -0.15) is 0 Å². The highest BCUT2D eigenvalue weighted by molar-refractivity contribution is 6.04. The number of aromatic amines is 1. The molecule has 6 heteroatoms. The van der Waals surface area contributed by atoms with Gasteiger partial charge >= 0.3 is 0 Å². The predicted molar refractivity (Wildman–Crippen MR) is 99.5 cm³/mol. The minimum Gasteiger partial charge on any atom is -0.366 e. The quantitative estimate of drug-likeness (QED) is 0.760. The molecule has 4 rings (SSSR count). The second kappa shape index (κ2) is 6.53. The molecule has 1 aliphatic heterocycles. The molecule has 2 aromatic carbocycles. The number of hydrogen-bond donors (Lipinski definition) is 2. The van der Waals surface area contributed by atoms with Gasteiger partial charge in [0.2, 0.25) is 0 Å². The molecule has 1 amide bonds. The van der Waals surface area contributed by atoms with Crippen LogP contribution in [0.5, 0.6) is 0 Å². The molecular formula is C20H21FN4O. The molecular weight excluding hydrogens is 331 g/mol. The Bertz CT molecular complexity index is 964. The minimum absolute atomic E-state index is 0.0874. The molecule has 1 aromatic heterocycles. The number of primary amides is 1. The molecule has 0 spiro atoms. The molecule has 0 bridgehead atoms. The second-order valence-electron chi connectivity index (χ2n) is 7.02. The first-order valence-corrected chi connectivity index (χ1v) is 8.79. The van der Waals surface area contributed by atoms with Crippen LogP contribution in [0.3, 0.4) is 0 Å². The molecule has 5 nitrogen and oxygen atoms in total. The smallest absolute Gasteiger partial charge is 0.251 e. The number of piperidine rings is 1.